The van der Waals surface area contributed by atoms with Crippen LogP contribution in [0.2, 0.25) is 0 Å². The lowest BCUT2D eigenvalue weighted by Gasteiger charge is -2.21. The van der Waals surface area contributed by atoms with Crippen LogP contribution in [0.15, 0.2) is 27.6 Å². The van der Waals surface area contributed by atoms with Crippen molar-refractivity contribution >= 4 is 37.6 Å². The zero-order valence-electron chi connectivity index (χ0n) is 10.1. The van der Waals surface area contributed by atoms with E-state index in [0.717, 1.165) is 18.4 Å². The van der Waals surface area contributed by atoms with Crippen LogP contribution in [0, 0.1) is 0 Å². The standard InChI is InChI=1S/C12H15BrClNO2S/c1-2-15(10-4-5-10)18(16,17)12-7-9(8-14)3-6-11(12)13/h3,6-7,10H,2,4-5,8H2,1H3. The molecule has 1 aromatic rings. The predicted molar refractivity (Wildman–Crippen MR) is 76.3 cm³/mol. The molecule has 2 rings (SSSR count). The normalized spacial score (nSPS) is 16.2. The molecule has 1 saturated carbocycles. The van der Waals surface area contributed by atoms with Gasteiger partial charge in [0.05, 0.1) is 4.90 Å². The third-order valence-electron chi connectivity index (χ3n) is 3.00. The molecular weight excluding hydrogens is 338 g/mol. The van der Waals surface area contributed by atoms with E-state index in [2.05, 4.69) is 15.9 Å². The van der Waals surface area contributed by atoms with Crippen LogP contribution in [0.5, 0.6) is 0 Å². The van der Waals surface area contributed by atoms with Gasteiger partial charge in [-0.3, -0.25) is 0 Å². The van der Waals surface area contributed by atoms with Crippen molar-refractivity contribution in [2.45, 2.75) is 36.6 Å². The van der Waals surface area contributed by atoms with E-state index in [-0.39, 0.29) is 6.04 Å². The van der Waals surface area contributed by atoms with Crippen molar-refractivity contribution in [3.63, 3.8) is 0 Å². The fourth-order valence-electron chi connectivity index (χ4n) is 1.94. The van der Waals surface area contributed by atoms with Gasteiger partial charge in [-0.15, -0.1) is 11.6 Å². The fraction of sp³-hybridized carbons (Fsp3) is 0.500. The third kappa shape index (κ3) is 2.74. The van der Waals surface area contributed by atoms with Crippen LogP contribution >= 0.6 is 27.5 Å². The van der Waals surface area contributed by atoms with Gasteiger partial charge >= 0.3 is 0 Å². The summed E-state index contributed by atoms with van der Waals surface area (Å²) in [6.45, 7) is 2.37. The zero-order chi connectivity index (χ0) is 13.3. The molecule has 0 unspecified atom stereocenters. The van der Waals surface area contributed by atoms with Gasteiger partial charge in [-0.2, -0.15) is 4.31 Å². The average Bonchev–Trinajstić information content (AvgIpc) is 3.14. The van der Waals surface area contributed by atoms with Crippen molar-refractivity contribution in [2.75, 3.05) is 6.54 Å². The van der Waals surface area contributed by atoms with Crippen LogP contribution in [0.3, 0.4) is 0 Å². The number of benzene rings is 1. The number of rotatable bonds is 5. The SMILES string of the molecule is CCN(C1CC1)S(=O)(=O)c1cc(CCl)ccc1Br. The summed E-state index contributed by atoms with van der Waals surface area (Å²) in [7, 11) is -3.42. The lowest BCUT2D eigenvalue weighted by atomic mass is 10.2. The Balaban J connectivity index is 2.45. The van der Waals surface area contributed by atoms with E-state index in [1.165, 1.54) is 0 Å². The summed E-state index contributed by atoms with van der Waals surface area (Å²) in [6.07, 6.45) is 1.92. The second kappa shape index (κ2) is 5.49. The van der Waals surface area contributed by atoms with E-state index in [0.29, 0.717) is 21.8 Å². The summed E-state index contributed by atoms with van der Waals surface area (Å²) in [5.41, 5.74) is 0.810. The maximum atomic E-state index is 12.6. The largest absolute Gasteiger partial charge is 0.244 e. The molecule has 0 saturated heterocycles. The molecule has 1 aromatic carbocycles. The van der Waals surface area contributed by atoms with Crippen LogP contribution in [-0.2, 0) is 15.9 Å². The molecule has 1 aliphatic rings. The van der Waals surface area contributed by atoms with Gasteiger partial charge in [0.15, 0.2) is 0 Å². The van der Waals surface area contributed by atoms with Crippen molar-refractivity contribution in [3.8, 4) is 0 Å². The van der Waals surface area contributed by atoms with Gasteiger partial charge in [-0.1, -0.05) is 13.0 Å². The number of alkyl halides is 1. The molecule has 0 atom stereocenters. The summed E-state index contributed by atoms with van der Waals surface area (Å²) < 4.78 is 27.3. The first-order valence-corrected chi connectivity index (χ1v) is 8.63. The highest BCUT2D eigenvalue weighted by atomic mass is 79.9. The number of sulfonamides is 1. The lowest BCUT2D eigenvalue weighted by Crippen LogP contribution is -2.33. The average molecular weight is 353 g/mol. The minimum Gasteiger partial charge on any atom is -0.207 e. The van der Waals surface area contributed by atoms with E-state index < -0.39 is 10.0 Å². The number of hydrogen-bond donors (Lipinski definition) is 0. The summed E-state index contributed by atoms with van der Waals surface area (Å²) in [4.78, 5) is 0.314. The molecule has 0 amide bonds. The Labute approximate surface area is 121 Å². The van der Waals surface area contributed by atoms with Gasteiger partial charge in [-0.25, -0.2) is 8.42 Å². The molecule has 0 radical (unpaired) electrons. The van der Waals surface area contributed by atoms with Gasteiger partial charge in [0, 0.05) is 22.9 Å². The Bertz CT molecular complexity index is 543. The van der Waals surface area contributed by atoms with Crippen molar-refractivity contribution in [1.29, 1.82) is 0 Å². The summed E-state index contributed by atoms with van der Waals surface area (Å²) in [6, 6.07) is 5.39. The topological polar surface area (TPSA) is 37.4 Å². The second-order valence-electron chi connectivity index (χ2n) is 4.34. The van der Waals surface area contributed by atoms with Gasteiger partial charge < -0.3 is 0 Å². The number of nitrogens with zero attached hydrogens (tertiary/aromatic N) is 1. The van der Waals surface area contributed by atoms with Gasteiger partial charge in [0.25, 0.3) is 0 Å². The first-order chi connectivity index (χ1) is 8.50. The molecule has 18 heavy (non-hydrogen) atoms. The molecule has 6 heteroatoms. The third-order valence-corrected chi connectivity index (χ3v) is 6.33. The maximum Gasteiger partial charge on any atom is 0.244 e. The van der Waals surface area contributed by atoms with E-state index in [4.69, 9.17) is 11.6 Å². The zero-order valence-corrected chi connectivity index (χ0v) is 13.2. The van der Waals surface area contributed by atoms with Gasteiger partial charge in [0.1, 0.15) is 0 Å². The Hall–Kier alpha value is -0.100. The highest BCUT2D eigenvalue weighted by molar-refractivity contribution is 9.10. The van der Waals surface area contributed by atoms with Crippen LogP contribution in [0.4, 0.5) is 0 Å². The molecule has 100 valence electrons. The molecule has 1 aliphatic carbocycles. The minimum atomic E-state index is -3.42. The molecule has 0 spiro atoms. The van der Waals surface area contributed by atoms with Crippen molar-refractivity contribution in [2.24, 2.45) is 0 Å². The minimum absolute atomic E-state index is 0.173. The first-order valence-electron chi connectivity index (χ1n) is 5.87. The Kier molecular flexibility index (Phi) is 4.36. The monoisotopic (exact) mass is 351 g/mol. The molecule has 0 heterocycles. The molecule has 0 N–H and O–H groups in total. The first kappa shape index (κ1) is 14.3. The van der Waals surface area contributed by atoms with Crippen LogP contribution in [-0.4, -0.2) is 25.3 Å². The quantitative estimate of drug-likeness (QED) is 0.762. The summed E-state index contributed by atoms with van der Waals surface area (Å²) in [5.74, 6) is 0.311. The van der Waals surface area contributed by atoms with Gasteiger partial charge in [0.2, 0.25) is 10.0 Å². The Morgan fingerprint density at radius 1 is 1.44 bits per heavy atom. The number of halogens is 2. The molecule has 0 bridgehead atoms. The molecule has 0 aliphatic heterocycles. The van der Waals surface area contributed by atoms with Crippen LogP contribution in [0.25, 0.3) is 0 Å². The van der Waals surface area contributed by atoms with Gasteiger partial charge in [-0.05, 0) is 46.5 Å². The number of hydrogen-bond acceptors (Lipinski definition) is 2. The molecule has 0 aromatic heterocycles. The van der Waals surface area contributed by atoms with Crippen molar-refractivity contribution in [1.82, 2.24) is 4.31 Å². The van der Waals surface area contributed by atoms with E-state index >= 15 is 0 Å². The highest BCUT2D eigenvalue weighted by Gasteiger charge is 2.37. The predicted octanol–water partition coefficient (Wildman–Crippen LogP) is 3.36. The Morgan fingerprint density at radius 3 is 2.61 bits per heavy atom. The second-order valence-corrected chi connectivity index (χ2v) is 7.32. The summed E-state index contributed by atoms with van der Waals surface area (Å²) in [5, 5.41) is 0. The molecule has 1 fully saturated rings. The lowest BCUT2D eigenvalue weighted by molar-refractivity contribution is 0.420. The van der Waals surface area contributed by atoms with Crippen LogP contribution in [0.1, 0.15) is 25.3 Å². The summed E-state index contributed by atoms with van der Waals surface area (Å²) >= 11 is 9.08. The van der Waals surface area contributed by atoms with E-state index in [1.807, 2.05) is 13.0 Å². The molecular formula is C12H15BrClNO2S. The van der Waals surface area contributed by atoms with Crippen molar-refractivity contribution in [3.05, 3.63) is 28.2 Å². The van der Waals surface area contributed by atoms with E-state index in [1.54, 1.807) is 16.4 Å². The van der Waals surface area contributed by atoms with Crippen molar-refractivity contribution < 1.29 is 8.42 Å². The highest BCUT2D eigenvalue weighted by Crippen LogP contribution is 2.34. The maximum absolute atomic E-state index is 12.6. The van der Waals surface area contributed by atoms with Crippen LogP contribution < -0.4 is 0 Å². The van der Waals surface area contributed by atoms with E-state index in [9.17, 15) is 8.42 Å². The Morgan fingerprint density at radius 2 is 2.11 bits per heavy atom. The smallest absolute Gasteiger partial charge is 0.207 e. The fourth-order valence-corrected chi connectivity index (χ4v) is 4.78. The molecule has 3 nitrogen and oxygen atoms in total.